The molecule has 0 spiro atoms. The fourth-order valence-electron chi connectivity index (χ4n) is 1.86. The van der Waals surface area contributed by atoms with Gasteiger partial charge < -0.3 is 4.57 Å². The summed E-state index contributed by atoms with van der Waals surface area (Å²) < 4.78 is 2.24. The Morgan fingerprint density at radius 3 is 2.77 bits per heavy atom. The molecule has 0 atom stereocenters. The molecule has 1 nitrogen and oxygen atoms in total. The number of hydrogen-bond donors (Lipinski definition) is 0. The van der Waals surface area contributed by atoms with Crippen molar-refractivity contribution in [1.82, 2.24) is 4.57 Å². The minimum Gasteiger partial charge on any atom is -0.348 e. The molecule has 0 fully saturated rings. The summed E-state index contributed by atoms with van der Waals surface area (Å²) in [4.78, 5) is 0. The zero-order chi connectivity index (χ0) is 9.42. The topological polar surface area (TPSA) is 4.93 Å². The van der Waals surface area contributed by atoms with Crippen LogP contribution < -0.4 is 0 Å². The maximum Gasteiger partial charge on any atom is 0.0482 e. The second-order valence-electron chi connectivity index (χ2n) is 3.55. The van der Waals surface area contributed by atoms with Gasteiger partial charge in [0.1, 0.15) is 0 Å². The molecular weight excluding hydrogens is 158 g/mol. The quantitative estimate of drug-likeness (QED) is 0.624. The second-order valence-corrected chi connectivity index (χ2v) is 3.55. The van der Waals surface area contributed by atoms with Gasteiger partial charge in [0.25, 0.3) is 0 Å². The standard InChI is InChI=1S/C12H15N/c1-4-10-6-5-7-12-11(10)8-9(2)13(12)3/h5-8H,4H2,1-3H3. The average Bonchev–Trinajstić information content (AvgIpc) is 2.43. The van der Waals surface area contributed by atoms with Gasteiger partial charge in [-0.3, -0.25) is 0 Å². The molecule has 0 bridgehead atoms. The summed E-state index contributed by atoms with van der Waals surface area (Å²) in [6.07, 6.45) is 1.11. The van der Waals surface area contributed by atoms with E-state index in [2.05, 4.69) is 49.7 Å². The van der Waals surface area contributed by atoms with Crippen LogP contribution in [0, 0.1) is 6.92 Å². The van der Waals surface area contributed by atoms with Crippen molar-refractivity contribution in [2.45, 2.75) is 20.3 Å². The van der Waals surface area contributed by atoms with Crippen molar-refractivity contribution >= 4 is 10.9 Å². The molecule has 1 aromatic carbocycles. The molecule has 1 aromatic heterocycles. The third-order valence-electron chi connectivity index (χ3n) is 2.80. The SMILES string of the molecule is CCc1cccc2c1cc(C)n2C. The number of nitrogens with zero attached hydrogens (tertiary/aromatic N) is 1. The minimum atomic E-state index is 1.11. The Labute approximate surface area is 79.0 Å². The summed E-state index contributed by atoms with van der Waals surface area (Å²) in [5.74, 6) is 0. The maximum absolute atomic E-state index is 2.27. The first-order chi connectivity index (χ1) is 6.24. The van der Waals surface area contributed by atoms with Gasteiger partial charge in [-0.15, -0.1) is 0 Å². The van der Waals surface area contributed by atoms with Gasteiger partial charge >= 0.3 is 0 Å². The van der Waals surface area contributed by atoms with Gasteiger partial charge in [-0.25, -0.2) is 0 Å². The Hall–Kier alpha value is -1.24. The molecule has 1 heteroatoms. The summed E-state index contributed by atoms with van der Waals surface area (Å²) in [5.41, 5.74) is 4.12. The van der Waals surface area contributed by atoms with Crippen LogP contribution in [0.15, 0.2) is 24.3 Å². The van der Waals surface area contributed by atoms with Crippen molar-refractivity contribution in [3.8, 4) is 0 Å². The van der Waals surface area contributed by atoms with E-state index < -0.39 is 0 Å². The summed E-state index contributed by atoms with van der Waals surface area (Å²) in [5, 5.41) is 1.41. The van der Waals surface area contributed by atoms with E-state index >= 15 is 0 Å². The third-order valence-corrected chi connectivity index (χ3v) is 2.80. The van der Waals surface area contributed by atoms with Crippen molar-refractivity contribution in [2.24, 2.45) is 7.05 Å². The molecule has 13 heavy (non-hydrogen) atoms. The van der Waals surface area contributed by atoms with Gasteiger partial charge in [-0.1, -0.05) is 19.1 Å². The van der Waals surface area contributed by atoms with E-state index in [0.717, 1.165) is 6.42 Å². The van der Waals surface area contributed by atoms with Crippen molar-refractivity contribution in [1.29, 1.82) is 0 Å². The molecule has 0 unspecified atom stereocenters. The van der Waals surface area contributed by atoms with E-state index in [1.807, 2.05) is 0 Å². The Balaban J connectivity index is 2.84. The van der Waals surface area contributed by atoms with Gasteiger partial charge in [0.2, 0.25) is 0 Å². The van der Waals surface area contributed by atoms with Gasteiger partial charge in [0.05, 0.1) is 0 Å². The normalized spacial score (nSPS) is 11.0. The molecule has 0 radical (unpaired) electrons. The van der Waals surface area contributed by atoms with Gasteiger partial charge in [-0.2, -0.15) is 0 Å². The van der Waals surface area contributed by atoms with Crippen molar-refractivity contribution in [3.63, 3.8) is 0 Å². The number of aromatic nitrogens is 1. The molecular formula is C12H15N. The highest BCUT2D eigenvalue weighted by molar-refractivity contribution is 5.84. The summed E-state index contributed by atoms with van der Waals surface area (Å²) in [7, 11) is 2.12. The van der Waals surface area contributed by atoms with E-state index in [9.17, 15) is 0 Å². The first-order valence-electron chi connectivity index (χ1n) is 4.78. The van der Waals surface area contributed by atoms with Crippen LogP contribution in [0.3, 0.4) is 0 Å². The highest BCUT2D eigenvalue weighted by atomic mass is 14.9. The van der Waals surface area contributed by atoms with Crippen LogP contribution in [-0.2, 0) is 13.5 Å². The van der Waals surface area contributed by atoms with Crippen LogP contribution >= 0.6 is 0 Å². The van der Waals surface area contributed by atoms with E-state index in [1.54, 1.807) is 0 Å². The van der Waals surface area contributed by atoms with Crippen molar-refractivity contribution < 1.29 is 0 Å². The smallest absolute Gasteiger partial charge is 0.0482 e. The van der Waals surface area contributed by atoms with Gasteiger partial charge in [0.15, 0.2) is 0 Å². The van der Waals surface area contributed by atoms with Crippen LogP contribution in [0.25, 0.3) is 10.9 Å². The summed E-state index contributed by atoms with van der Waals surface area (Å²) in [6.45, 7) is 4.36. The lowest BCUT2D eigenvalue weighted by atomic mass is 10.1. The second kappa shape index (κ2) is 2.91. The summed E-state index contributed by atoms with van der Waals surface area (Å²) >= 11 is 0. The van der Waals surface area contributed by atoms with E-state index in [1.165, 1.54) is 22.2 Å². The van der Waals surface area contributed by atoms with E-state index in [4.69, 9.17) is 0 Å². The predicted octanol–water partition coefficient (Wildman–Crippen LogP) is 3.05. The fraction of sp³-hybridized carbons (Fsp3) is 0.333. The Kier molecular flexibility index (Phi) is 1.87. The van der Waals surface area contributed by atoms with Gasteiger partial charge in [-0.05, 0) is 31.0 Å². The zero-order valence-corrected chi connectivity index (χ0v) is 8.46. The Bertz CT molecular complexity index is 438. The third kappa shape index (κ3) is 1.15. The Morgan fingerprint density at radius 2 is 2.08 bits per heavy atom. The molecule has 2 rings (SSSR count). The zero-order valence-electron chi connectivity index (χ0n) is 8.46. The first-order valence-corrected chi connectivity index (χ1v) is 4.78. The van der Waals surface area contributed by atoms with E-state index in [-0.39, 0.29) is 0 Å². The lowest BCUT2D eigenvalue weighted by Gasteiger charge is -2.00. The minimum absolute atomic E-state index is 1.11. The lowest BCUT2D eigenvalue weighted by molar-refractivity contribution is 0.918. The fourth-order valence-corrected chi connectivity index (χ4v) is 1.86. The molecule has 0 amide bonds. The van der Waals surface area contributed by atoms with Crippen LogP contribution in [0.1, 0.15) is 18.2 Å². The lowest BCUT2D eigenvalue weighted by Crippen LogP contribution is -1.89. The average molecular weight is 173 g/mol. The molecule has 0 aliphatic heterocycles. The molecule has 0 saturated carbocycles. The first kappa shape index (κ1) is 8.36. The van der Waals surface area contributed by atoms with Crippen LogP contribution in [0.4, 0.5) is 0 Å². The maximum atomic E-state index is 2.27. The largest absolute Gasteiger partial charge is 0.348 e. The number of aryl methyl sites for hydroxylation is 3. The molecule has 0 aliphatic carbocycles. The van der Waals surface area contributed by atoms with Gasteiger partial charge in [0, 0.05) is 23.6 Å². The predicted molar refractivity (Wildman–Crippen MR) is 57.0 cm³/mol. The van der Waals surface area contributed by atoms with Crippen molar-refractivity contribution in [3.05, 3.63) is 35.5 Å². The van der Waals surface area contributed by atoms with E-state index in [0.29, 0.717) is 0 Å². The van der Waals surface area contributed by atoms with Crippen LogP contribution in [0.2, 0.25) is 0 Å². The molecule has 2 aromatic rings. The molecule has 1 heterocycles. The highest BCUT2D eigenvalue weighted by Crippen LogP contribution is 2.22. The number of fused-ring (bicyclic) bond motifs is 1. The van der Waals surface area contributed by atoms with Crippen molar-refractivity contribution in [2.75, 3.05) is 0 Å². The highest BCUT2D eigenvalue weighted by Gasteiger charge is 2.04. The number of benzene rings is 1. The van der Waals surface area contributed by atoms with Crippen LogP contribution in [0.5, 0.6) is 0 Å². The molecule has 0 aliphatic rings. The molecule has 0 N–H and O–H groups in total. The number of hydrogen-bond acceptors (Lipinski definition) is 0. The van der Waals surface area contributed by atoms with Crippen LogP contribution in [-0.4, -0.2) is 4.57 Å². The molecule has 68 valence electrons. The Morgan fingerprint density at radius 1 is 1.31 bits per heavy atom. The summed E-state index contributed by atoms with van der Waals surface area (Å²) in [6, 6.07) is 8.80. The molecule has 0 saturated heterocycles. The number of rotatable bonds is 1. The monoisotopic (exact) mass is 173 g/mol.